The Morgan fingerprint density at radius 2 is 0.404 bits per heavy atom. The van der Waals surface area contributed by atoms with Crippen molar-refractivity contribution in [3.63, 3.8) is 0 Å². The quantitative estimate of drug-likeness (QED) is 0.0159. The van der Waals surface area contributed by atoms with Gasteiger partial charge in [-0.3, -0.25) is 38.6 Å². The number of hydrogen-bond donors (Lipinski definition) is 2. The molecule has 0 radical (unpaired) electrons. The highest BCUT2D eigenvalue weighted by Gasteiger charge is 2.37. The molecular weight excluding hydrogens is 1690 g/mol. The van der Waals surface area contributed by atoms with Gasteiger partial charge in [-0.25, -0.2) is 0 Å². The average molecular weight is 1870 g/mol. The Bertz CT molecular complexity index is 4050. The summed E-state index contributed by atoms with van der Waals surface area (Å²) in [5.41, 5.74) is 2.77. The maximum Gasteiger partial charge on any atom is 0.261 e. The van der Waals surface area contributed by atoms with Crippen LogP contribution in [0.25, 0.3) is 43.1 Å². The summed E-state index contributed by atoms with van der Waals surface area (Å²) in [6.07, 6.45) is 77.5. The SMILES string of the molecule is CCCCCCCCCCCCOc1cc(C(=O)NCCCCCN2C(=O)c3ccc4c5ccc6c7c(ccc(c8ccc(c3c48)C2=O)c75)C(=O)N(CCCCCNC(=O)c2cc(OCCCCCCCCCCCC)c(OCCCCCCCCCCCC)c(OCCCCCCCCCCCC)c2)C6=O)cc(OCCCCCCCCCCCC)c1OCCCCCCCCCCCC. The van der Waals surface area contributed by atoms with Crippen molar-refractivity contribution < 1.29 is 57.2 Å². The molecule has 0 saturated carbocycles. The monoisotopic (exact) mass is 1870 g/mol. The fourth-order valence-corrected chi connectivity index (χ4v) is 20.3. The highest BCUT2D eigenvalue weighted by molar-refractivity contribution is 6.41. The van der Waals surface area contributed by atoms with Gasteiger partial charge in [0.2, 0.25) is 11.5 Å². The molecule has 2 aliphatic rings. The Morgan fingerprint density at radius 1 is 0.221 bits per heavy atom. The van der Waals surface area contributed by atoms with E-state index in [2.05, 4.69) is 52.2 Å². The maximum atomic E-state index is 14.7. The van der Waals surface area contributed by atoms with Crippen LogP contribution < -0.4 is 39.1 Å². The molecule has 2 N–H and O–H groups in total. The van der Waals surface area contributed by atoms with Crippen LogP contribution >= 0.6 is 0 Å². The molecule has 0 aromatic heterocycles. The van der Waals surface area contributed by atoms with Crippen molar-refractivity contribution >= 4 is 78.5 Å². The number of unbranched alkanes of at least 4 members (excludes halogenated alkanes) is 58. The van der Waals surface area contributed by atoms with Crippen LogP contribution in [0.15, 0.2) is 72.8 Å². The lowest BCUT2D eigenvalue weighted by Crippen LogP contribution is -2.41. The smallest absolute Gasteiger partial charge is 0.261 e. The Morgan fingerprint density at radius 3 is 0.610 bits per heavy atom. The van der Waals surface area contributed by atoms with Crippen molar-refractivity contribution in [1.29, 1.82) is 0 Å². The zero-order chi connectivity index (χ0) is 96.0. The second kappa shape index (κ2) is 68.0. The van der Waals surface area contributed by atoms with E-state index in [1.54, 1.807) is 0 Å². The van der Waals surface area contributed by atoms with E-state index in [0.717, 1.165) is 109 Å². The second-order valence-corrected chi connectivity index (χ2v) is 40.1. The average Bonchev–Trinajstić information content (AvgIpc) is 0.689. The maximum absolute atomic E-state index is 14.7. The summed E-state index contributed by atoms with van der Waals surface area (Å²) >= 11 is 0. The van der Waals surface area contributed by atoms with E-state index < -0.39 is 0 Å². The first kappa shape index (κ1) is 111. The van der Waals surface area contributed by atoms with Crippen molar-refractivity contribution in [2.75, 3.05) is 65.8 Å². The minimum Gasteiger partial charge on any atom is -0.490 e. The highest BCUT2D eigenvalue weighted by Crippen LogP contribution is 2.48. The molecule has 6 amide bonds. The van der Waals surface area contributed by atoms with Crippen molar-refractivity contribution in [2.45, 2.75) is 465 Å². The van der Waals surface area contributed by atoms with E-state index in [-0.39, 0.29) is 48.5 Å². The lowest BCUT2D eigenvalue weighted by Gasteiger charge is -2.30. The predicted molar refractivity (Wildman–Crippen MR) is 568 cm³/mol. The summed E-state index contributed by atoms with van der Waals surface area (Å²) in [4.78, 5) is 90.4. The van der Waals surface area contributed by atoms with Gasteiger partial charge in [-0.2, -0.15) is 0 Å². The number of nitrogens with one attached hydrogen (secondary N) is 2. The van der Waals surface area contributed by atoms with Gasteiger partial charge in [-0.1, -0.05) is 413 Å². The zero-order valence-electron chi connectivity index (χ0n) is 86.5. The van der Waals surface area contributed by atoms with Gasteiger partial charge in [0.15, 0.2) is 23.0 Å². The Labute approximate surface area is 823 Å². The molecule has 0 atom stereocenters. The van der Waals surface area contributed by atoms with E-state index in [4.69, 9.17) is 28.4 Å². The first-order chi connectivity index (χ1) is 67.0. The Kier molecular flexibility index (Phi) is 55.8. The predicted octanol–water partition coefficient (Wildman–Crippen LogP) is 33.9. The number of amides is 6. The molecule has 16 nitrogen and oxygen atoms in total. The number of benzene rings is 7. The molecule has 7 aromatic rings. The molecule has 0 unspecified atom stereocenters. The molecule has 2 heterocycles. The standard InChI is InChI=1S/C120H184N4O12/c1-7-13-19-25-31-37-43-49-55-67-85-131-105-91-95(92-106(132-86-68-56-50-44-38-32-26-20-14-8-2)113(105)135-89-71-59-53-47-41-35-29-23-17-11-5)115(125)121-81-63-61-65-83-123-117(127)101-77-73-97-99-75-79-103-112-104(80-76-100(110(99)112)98-74-78-102(118(123)128)111(101)109(97)98)120(130)124(119(103)129)84-66-62-64-82-122-116(126)96-93-107(133-87-69-57-51-45-39-33-27-21-15-9-3)114(136-90-72-60-54-48-42-36-30-24-18-12-6)108(94-96)134-88-70-58-52-46-40-34-28-22-16-10-4/h73-80,91-94H,7-72,81-90H2,1-6H3,(H,121,125)(H,122,126). The number of nitrogens with zero attached hydrogens (tertiary/aromatic N) is 2. The second-order valence-electron chi connectivity index (χ2n) is 40.1. The topological polar surface area (TPSA) is 188 Å². The van der Waals surface area contributed by atoms with Crippen LogP contribution in [0.3, 0.4) is 0 Å². The summed E-state index contributed by atoms with van der Waals surface area (Å²) in [6.45, 7) is 18.1. The lowest BCUT2D eigenvalue weighted by molar-refractivity contribution is 0.0592. The molecule has 0 fully saturated rings. The number of carbonyl (C=O) groups is 6. The zero-order valence-corrected chi connectivity index (χ0v) is 86.5. The number of hydrogen-bond acceptors (Lipinski definition) is 12. The molecule has 2 aliphatic heterocycles. The highest BCUT2D eigenvalue weighted by atomic mass is 16.5. The lowest BCUT2D eigenvalue weighted by atomic mass is 9.82. The third-order valence-electron chi connectivity index (χ3n) is 28.6. The summed E-state index contributed by atoms with van der Waals surface area (Å²) in [7, 11) is 0. The number of carbonyl (C=O) groups excluding carboxylic acids is 6. The largest absolute Gasteiger partial charge is 0.490 e. The molecule has 0 saturated heterocycles. The van der Waals surface area contributed by atoms with Gasteiger partial charge in [0.1, 0.15) is 0 Å². The molecule has 9 rings (SSSR count). The molecule has 756 valence electrons. The van der Waals surface area contributed by atoms with Gasteiger partial charge >= 0.3 is 0 Å². The molecule has 0 bridgehead atoms. The van der Waals surface area contributed by atoms with E-state index in [1.165, 1.54) is 318 Å². The minimum absolute atomic E-state index is 0.218. The van der Waals surface area contributed by atoms with Gasteiger partial charge in [0.05, 0.1) is 39.6 Å². The molecule has 136 heavy (non-hydrogen) atoms. The van der Waals surface area contributed by atoms with Gasteiger partial charge in [0.25, 0.3) is 35.4 Å². The van der Waals surface area contributed by atoms with E-state index in [1.807, 2.05) is 72.8 Å². The molecule has 0 aliphatic carbocycles. The van der Waals surface area contributed by atoms with Gasteiger partial charge < -0.3 is 39.1 Å². The van der Waals surface area contributed by atoms with Crippen molar-refractivity contribution in [2.24, 2.45) is 0 Å². The number of imide groups is 2. The van der Waals surface area contributed by atoms with Crippen LogP contribution in [0.1, 0.15) is 527 Å². The fourth-order valence-electron chi connectivity index (χ4n) is 20.3. The van der Waals surface area contributed by atoms with E-state index >= 15 is 0 Å². The Balaban J connectivity index is 0.800. The third kappa shape index (κ3) is 37.8. The summed E-state index contributed by atoms with van der Waals surface area (Å²) in [5.74, 6) is 1.61. The van der Waals surface area contributed by atoms with Crippen LogP contribution in [-0.2, 0) is 0 Å². The van der Waals surface area contributed by atoms with E-state index in [0.29, 0.717) is 170 Å². The van der Waals surface area contributed by atoms with Crippen LogP contribution in [-0.4, -0.2) is 111 Å². The normalized spacial score (nSPS) is 12.6. The van der Waals surface area contributed by atoms with Crippen molar-refractivity contribution in [1.82, 2.24) is 20.4 Å². The molecule has 0 spiro atoms. The number of rotatable bonds is 86. The van der Waals surface area contributed by atoms with Gasteiger partial charge in [-0.15, -0.1) is 0 Å². The Hall–Kier alpha value is -8.14. The third-order valence-corrected chi connectivity index (χ3v) is 28.6. The first-order valence-electron chi connectivity index (χ1n) is 56.6. The summed E-state index contributed by atoms with van der Waals surface area (Å²) in [6, 6.07) is 22.5. The number of fused-ring (bicyclic) bond motifs is 2. The summed E-state index contributed by atoms with van der Waals surface area (Å²) in [5, 5.41) is 12.6. The van der Waals surface area contributed by atoms with Crippen LogP contribution in [0.4, 0.5) is 0 Å². The first-order valence-corrected chi connectivity index (χ1v) is 56.6. The molecule has 7 aromatic carbocycles. The molecular formula is C120H184N4O12. The fraction of sp³-hybridized carbons (Fsp3) is 0.683. The van der Waals surface area contributed by atoms with Crippen LogP contribution in [0, 0.1) is 0 Å². The number of ether oxygens (including phenoxy) is 6. The van der Waals surface area contributed by atoms with Crippen molar-refractivity contribution in [3.8, 4) is 34.5 Å². The van der Waals surface area contributed by atoms with Gasteiger partial charge in [-0.05, 0) is 158 Å². The summed E-state index contributed by atoms with van der Waals surface area (Å²) < 4.78 is 39.9. The van der Waals surface area contributed by atoms with Crippen LogP contribution in [0.5, 0.6) is 34.5 Å². The van der Waals surface area contributed by atoms with Gasteiger partial charge in [0, 0.05) is 70.3 Å². The van der Waals surface area contributed by atoms with E-state index in [9.17, 15) is 28.8 Å². The minimum atomic E-state index is -0.343. The van der Waals surface area contributed by atoms with Crippen molar-refractivity contribution in [3.05, 3.63) is 106 Å². The van der Waals surface area contributed by atoms with Crippen LogP contribution in [0.2, 0.25) is 0 Å². The molecule has 16 heteroatoms.